The topological polar surface area (TPSA) is 66.4 Å². The summed E-state index contributed by atoms with van der Waals surface area (Å²) in [5, 5.41) is 11.0. The highest BCUT2D eigenvalue weighted by Gasteiger charge is 2.31. The zero-order chi connectivity index (χ0) is 17.2. The van der Waals surface area contributed by atoms with Crippen molar-refractivity contribution in [2.24, 2.45) is 0 Å². The normalized spacial score (nSPS) is 11.1. The van der Waals surface area contributed by atoms with E-state index >= 15 is 0 Å². The van der Waals surface area contributed by atoms with Gasteiger partial charge in [0, 0.05) is 5.56 Å². The molecule has 120 valence electrons. The average molecular weight is 327 g/mol. The Hall–Kier alpha value is -2.90. The number of carboxylic acids is 1. The summed E-state index contributed by atoms with van der Waals surface area (Å²) in [7, 11) is 0. The summed E-state index contributed by atoms with van der Waals surface area (Å²) in [5.41, 5.74) is -2.48. The van der Waals surface area contributed by atoms with Crippen molar-refractivity contribution < 1.29 is 32.3 Å². The third-order valence-corrected chi connectivity index (χ3v) is 2.93. The molecule has 8 heteroatoms. The van der Waals surface area contributed by atoms with Crippen LogP contribution in [0.15, 0.2) is 42.5 Å². The summed E-state index contributed by atoms with van der Waals surface area (Å²) in [5.74, 6) is -3.66. The zero-order valence-electron chi connectivity index (χ0n) is 11.3. The van der Waals surface area contributed by atoms with Gasteiger partial charge in [-0.3, -0.25) is 4.79 Å². The van der Waals surface area contributed by atoms with Crippen LogP contribution in [0, 0.1) is 5.82 Å². The highest BCUT2D eigenvalue weighted by atomic mass is 19.4. The first kappa shape index (κ1) is 16.5. The van der Waals surface area contributed by atoms with Gasteiger partial charge in [-0.2, -0.15) is 13.2 Å². The summed E-state index contributed by atoms with van der Waals surface area (Å²) >= 11 is 0. The van der Waals surface area contributed by atoms with Gasteiger partial charge in [-0.05, 0) is 30.3 Å². The number of anilines is 1. The Morgan fingerprint density at radius 1 is 1.04 bits per heavy atom. The molecule has 0 fully saturated rings. The lowest BCUT2D eigenvalue weighted by Gasteiger charge is -2.11. The maximum atomic E-state index is 13.5. The van der Waals surface area contributed by atoms with Crippen molar-refractivity contribution in [1.29, 1.82) is 0 Å². The summed E-state index contributed by atoms with van der Waals surface area (Å²) in [6.07, 6.45) is -4.62. The van der Waals surface area contributed by atoms with Crippen LogP contribution in [0.25, 0.3) is 0 Å². The van der Waals surface area contributed by atoms with Crippen LogP contribution in [0.3, 0.4) is 0 Å². The lowest BCUT2D eigenvalue weighted by Crippen LogP contribution is -2.16. The van der Waals surface area contributed by atoms with Gasteiger partial charge in [-0.1, -0.05) is 12.1 Å². The number of carbonyl (C=O) groups excluding carboxylic acids is 1. The number of benzene rings is 2. The van der Waals surface area contributed by atoms with Crippen LogP contribution < -0.4 is 5.32 Å². The second-order valence-corrected chi connectivity index (χ2v) is 4.50. The minimum Gasteiger partial charge on any atom is -0.478 e. The molecular formula is C15H9F4NO3. The highest BCUT2D eigenvalue weighted by molar-refractivity contribution is 6.07. The third-order valence-electron chi connectivity index (χ3n) is 2.93. The third kappa shape index (κ3) is 3.65. The predicted octanol–water partition coefficient (Wildman–Crippen LogP) is 3.80. The smallest absolute Gasteiger partial charge is 0.416 e. The van der Waals surface area contributed by atoms with Crippen molar-refractivity contribution in [3.8, 4) is 0 Å². The van der Waals surface area contributed by atoms with E-state index in [2.05, 4.69) is 5.32 Å². The molecular weight excluding hydrogens is 318 g/mol. The minimum absolute atomic E-state index is 0.333. The number of aromatic carboxylic acids is 1. The van der Waals surface area contributed by atoms with Crippen LogP contribution in [0.4, 0.5) is 23.2 Å². The van der Waals surface area contributed by atoms with Gasteiger partial charge in [0.1, 0.15) is 11.4 Å². The zero-order valence-corrected chi connectivity index (χ0v) is 11.3. The Balaban J connectivity index is 2.34. The van der Waals surface area contributed by atoms with Gasteiger partial charge in [0.25, 0.3) is 5.91 Å². The number of hydrogen-bond donors (Lipinski definition) is 2. The lowest BCUT2D eigenvalue weighted by atomic mass is 10.1. The van der Waals surface area contributed by atoms with Crippen molar-refractivity contribution >= 4 is 17.6 Å². The lowest BCUT2D eigenvalue weighted by molar-refractivity contribution is -0.137. The first-order chi connectivity index (χ1) is 10.7. The van der Waals surface area contributed by atoms with Crippen LogP contribution in [-0.4, -0.2) is 17.0 Å². The second kappa shape index (κ2) is 6.07. The number of nitrogens with one attached hydrogen (secondary N) is 1. The van der Waals surface area contributed by atoms with E-state index < -0.39 is 35.0 Å². The fourth-order valence-corrected chi connectivity index (χ4v) is 1.88. The maximum Gasteiger partial charge on any atom is 0.416 e. The molecule has 0 unspecified atom stereocenters. The Bertz CT molecular complexity index is 772. The van der Waals surface area contributed by atoms with Crippen LogP contribution in [-0.2, 0) is 6.18 Å². The van der Waals surface area contributed by atoms with Crippen molar-refractivity contribution in [1.82, 2.24) is 0 Å². The van der Waals surface area contributed by atoms with Gasteiger partial charge in [-0.15, -0.1) is 0 Å². The fourth-order valence-electron chi connectivity index (χ4n) is 1.88. The van der Waals surface area contributed by atoms with Gasteiger partial charge in [0.05, 0.1) is 11.3 Å². The molecule has 0 aromatic heterocycles. The van der Waals surface area contributed by atoms with Gasteiger partial charge >= 0.3 is 12.1 Å². The molecule has 23 heavy (non-hydrogen) atoms. The number of hydrogen-bond acceptors (Lipinski definition) is 2. The molecule has 0 saturated carbocycles. The SMILES string of the molecule is O=C(Nc1cccc(F)c1C(=O)O)c1cccc(C(F)(F)F)c1. The van der Waals surface area contributed by atoms with Gasteiger partial charge < -0.3 is 10.4 Å². The molecule has 0 aliphatic carbocycles. The van der Waals surface area contributed by atoms with Gasteiger partial charge in [-0.25, -0.2) is 9.18 Å². The molecule has 0 bridgehead atoms. The van der Waals surface area contributed by atoms with Crippen LogP contribution in [0.5, 0.6) is 0 Å². The van der Waals surface area contributed by atoms with Gasteiger partial charge in [0.2, 0.25) is 0 Å². The molecule has 0 heterocycles. The van der Waals surface area contributed by atoms with E-state index in [-0.39, 0.29) is 11.3 Å². The van der Waals surface area contributed by atoms with Crippen LogP contribution in [0.1, 0.15) is 26.3 Å². The first-order valence-electron chi connectivity index (χ1n) is 6.20. The molecule has 0 radical (unpaired) electrons. The molecule has 0 atom stereocenters. The minimum atomic E-state index is -4.62. The molecule has 0 saturated heterocycles. The van der Waals surface area contributed by atoms with Crippen molar-refractivity contribution in [3.63, 3.8) is 0 Å². The van der Waals surface area contributed by atoms with E-state index in [1.54, 1.807) is 0 Å². The summed E-state index contributed by atoms with van der Waals surface area (Å²) in [6, 6.07) is 6.79. The van der Waals surface area contributed by atoms with E-state index in [0.29, 0.717) is 6.07 Å². The fraction of sp³-hybridized carbons (Fsp3) is 0.0667. The molecule has 2 N–H and O–H groups in total. The molecule has 2 rings (SSSR count). The Labute approximate surface area is 127 Å². The summed E-state index contributed by atoms with van der Waals surface area (Å²) in [4.78, 5) is 23.0. The Morgan fingerprint density at radius 2 is 1.70 bits per heavy atom. The molecule has 0 aliphatic rings. The van der Waals surface area contributed by atoms with E-state index in [4.69, 9.17) is 5.11 Å². The number of halogens is 4. The summed E-state index contributed by atoms with van der Waals surface area (Å²) < 4.78 is 51.4. The highest BCUT2D eigenvalue weighted by Crippen LogP contribution is 2.29. The predicted molar refractivity (Wildman–Crippen MR) is 72.8 cm³/mol. The quantitative estimate of drug-likeness (QED) is 0.843. The number of carbonyl (C=O) groups is 2. The molecule has 4 nitrogen and oxygen atoms in total. The van der Waals surface area contributed by atoms with Crippen molar-refractivity contribution in [2.75, 3.05) is 5.32 Å². The number of carboxylic acid groups (broad SMARTS) is 1. The standard InChI is InChI=1S/C15H9F4NO3/c16-10-5-2-6-11(12(10)14(22)23)20-13(21)8-3-1-4-9(7-8)15(17,18)19/h1-7H,(H,20,21)(H,22,23). The Kier molecular flexibility index (Phi) is 4.35. The first-order valence-corrected chi connectivity index (χ1v) is 6.20. The summed E-state index contributed by atoms with van der Waals surface area (Å²) in [6.45, 7) is 0. The van der Waals surface area contributed by atoms with Crippen LogP contribution in [0.2, 0.25) is 0 Å². The number of rotatable bonds is 3. The Morgan fingerprint density at radius 3 is 2.30 bits per heavy atom. The molecule has 2 aromatic rings. The van der Waals surface area contributed by atoms with Crippen LogP contribution >= 0.6 is 0 Å². The maximum absolute atomic E-state index is 13.5. The largest absolute Gasteiger partial charge is 0.478 e. The molecule has 2 aromatic carbocycles. The van der Waals surface area contributed by atoms with E-state index in [1.807, 2.05) is 0 Å². The second-order valence-electron chi connectivity index (χ2n) is 4.50. The molecule has 1 amide bonds. The van der Waals surface area contributed by atoms with E-state index in [9.17, 15) is 27.2 Å². The molecule has 0 spiro atoms. The number of amides is 1. The average Bonchev–Trinajstić information content (AvgIpc) is 2.46. The van der Waals surface area contributed by atoms with Crippen molar-refractivity contribution in [2.45, 2.75) is 6.18 Å². The monoisotopic (exact) mass is 327 g/mol. The van der Waals surface area contributed by atoms with Gasteiger partial charge in [0.15, 0.2) is 0 Å². The number of alkyl halides is 3. The van der Waals surface area contributed by atoms with E-state index in [1.165, 1.54) is 6.07 Å². The molecule has 0 aliphatic heterocycles. The van der Waals surface area contributed by atoms with Crippen molar-refractivity contribution in [3.05, 3.63) is 65.0 Å². The van der Waals surface area contributed by atoms with E-state index in [0.717, 1.165) is 30.3 Å².